The Kier molecular flexibility index (Phi) is 8.07. The van der Waals surface area contributed by atoms with Gasteiger partial charge in [0, 0.05) is 13.0 Å². The highest BCUT2D eigenvalue weighted by molar-refractivity contribution is 5.85. The molecule has 0 atom stereocenters. The number of aryl methyl sites for hydroxylation is 1. The third-order valence-corrected chi connectivity index (χ3v) is 2.89. The molecule has 5 heteroatoms. The summed E-state index contributed by atoms with van der Waals surface area (Å²) in [5.74, 6) is 1.80. The summed E-state index contributed by atoms with van der Waals surface area (Å²) < 4.78 is 2.34. The summed E-state index contributed by atoms with van der Waals surface area (Å²) in [6.45, 7) is 6.23. The van der Waals surface area contributed by atoms with Crippen LogP contribution in [0, 0.1) is 5.92 Å². The summed E-state index contributed by atoms with van der Waals surface area (Å²) >= 11 is 0. The van der Waals surface area contributed by atoms with E-state index in [1.165, 1.54) is 11.3 Å². The van der Waals surface area contributed by atoms with Crippen molar-refractivity contribution < 1.29 is 0 Å². The van der Waals surface area contributed by atoms with Gasteiger partial charge >= 0.3 is 0 Å². The van der Waals surface area contributed by atoms with Crippen LogP contribution < -0.4 is 5.73 Å². The van der Waals surface area contributed by atoms with Gasteiger partial charge < -0.3 is 10.3 Å². The Morgan fingerprint density at radius 1 is 1.21 bits per heavy atom. The quantitative estimate of drug-likeness (QED) is 0.919. The number of nitrogens with two attached hydrogens (primary N) is 1. The van der Waals surface area contributed by atoms with Crippen molar-refractivity contribution in [1.29, 1.82) is 0 Å². The van der Waals surface area contributed by atoms with Crippen molar-refractivity contribution in [3.05, 3.63) is 30.1 Å². The SMILES string of the molecule is CC(C)Cn1c(CCCN)nc2ccccc21.Cl.Cl. The monoisotopic (exact) mass is 303 g/mol. The van der Waals surface area contributed by atoms with Gasteiger partial charge in [0.1, 0.15) is 5.82 Å². The maximum atomic E-state index is 5.58. The third kappa shape index (κ3) is 4.37. The molecule has 1 aromatic carbocycles. The number of fused-ring (bicyclic) bond motifs is 1. The molecule has 108 valence electrons. The number of halogens is 2. The fourth-order valence-corrected chi connectivity index (χ4v) is 2.15. The number of hydrogen-bond acceptors (Lipinski definition) is 2. The van der Waals surface area contributed by atoms with E-state index in [4.69, 9.17) is 10.7 Å². The third-order valence-electron chi connectivity index (χ3n) is 2.89. The van der Waals surface area contributed by atoms with E-state index in [1.54, 1.807) is 0 Å². The van der Waals surface area contributed by atoms with Gasteiger partial charge in [-0.15, -0.1) is 24.8 Å². The van der Waals surface area contributed by atoms with Gasteiger partial charge in [-0.3, -0.25) is 0 Å². The van der Waals surface area contributed by atoms with E-state index in [0.29, 0.717) is 5.92 Å². The zero-order valence-electron chi connectivity index (χ0n) is 11.5. The van der Waals surface area contributed by atoms with Crippen molar-refractivity contribution in [2.24, 2.45) is 11.7 Å². The molecule has 0 unspecified atom stereocenters. The van der Waals surface area contributed by atoms with Crippen molar-refractivity contribution in [1.82, 2.24) is 9.55 Å². The molecule has 19 heavy (non-hydrogen) atoms. The summed E-state index contributed by atoms with van der Waals surface area (Å²) in [5.41, 5.74) is 7.93. The fraction of sp³-hybridized carbons (Fsp3) is 0.500. The predicted octanol–water partition coefficient (Wildman–Crippen LogP) is 3.43. The Hall–Kier alpha value is -0.770. The molecule has 2 rings (SSSR count). The Morgan fingerprint density at radius 3 is 2.53 bits per heavy atom. The van der Waals surface area contributed by atoms with E-state index >= 15 is 0 Å². The Morgan fingerprint density at radius 2 is 1.89 bits per heavy atom. The maximum Gasteiger partial charge on any atom is 0.109 e. The number of rotatable bonds is 5. The van der Waals surface area contributed by atoms with E-state index in [2.05, 4.69) is 36.6 Å². The second kappa shape index (κ2) is 8.41. The minimum atomic E-state index is 0. The molecule has 0 spiro atoms. The number of benzene rings is 1. The molecule has 2 N–H and O–H groups in total. The van der Waals surface area contributed by atoms with Crippen LogP contribution >= 0.6 is 24.8 Å². The van der Waals surface area contributed by atoms with Crippen molar-refractivity contribution in [2.75, 3.05) is 6.54 Å². The first-order valence-electron chi connectivity index (χ1n) is 6.36. The second-order valence-electron chi connectivity index (χ2n) is 4.91. The highest BCUT2D eigenvalue weighted by atomic mass is 35.5. The summed E-state index contributed by atoms with van der Waals surface area (Å²) in [6.07, 6.45) is 1.97. The van der Waals surface area contributed by atoms with Crippen molar-refractivity contribution >= 4 is 35.8 Å². The van der Waals surface area contributed by atoms with Gasteiger partial charge in [0.15, 0.2) is 0 Å². The molecule has 1 aromatic heterocycles. The summed E-state index contributed by atoms with van der Waals surface area (Å²) in [7, 11) is 0. The Balaban J connectivity index is 0.00000162. The van der Waals surface area contributed by atoms with Gasteiger partial charge in [0.25, 0.3) is 0 Å². The lowest BCUT2D eigenvalue weighted by molar-refractivity contribution is 0.514. The van der Waals surface area contributed by atoms with Crippen LogP contribution in [0.25, 0.3) is 11.0 Å². The maximum absolute atomic E-state index is 5.58. The van der Waals surface area contributed by atoms with Crippen LogP contribution in [-0.2, 0) is 13.0 Å². The molecule has 0 aliphatic carbocycles. The summed E-state index contributed by atoms with van der Waals surface area (Å²) in [5, 5.41) is 0. The molecule has 0 fully saturated rings. The number of para-hydroxylation sites is 2. The Labute approximate surface area is 127 Å². The molecule has 3 nitrogen and oxygen atoms in total. The van der Waals surface area contributed by atoms with Crippen LogP contribution in [0.2, 0.25) is 0 Å². The first kappa shape index (κ1) is 18.2. The van der Waals surface area contributed by atoms with Crippen LogP contribution in [0.1, 0.15) is 26.1 Å². The summed E-state index contributed by atoms with van der Waals surface area (Å²) in [6, 6.07) is 8.35. The highest BCUT2D eigenvalue weighted by Crippen LogP contribution is 2.18. The fourth-order valence-electron chi connectivity index (χ4n) is 2.15. The standard InChI is InChI=1S/C14H21N3.2ClH/c1-11(2)10-17-13-7-4-3-6-12(13)16-14(17)8-5-9-15;;/h3-4,6-7,11H,5,8-10,15H2,1-2H3;2*1H. The van der Waals surface area contributed by atoms with Gasteiger partial charge in [-0.2, -0.15) is 0 Å². The smallest absolute Gasteiger partial charge is 0.109 e. The predicted molar refractivity (Wildman–Crippen MR) is 86.4 cm³/mol. The molecule has 0 aliphatic heterocycles. The second-order valence-corrected chi connectivity index (χ2v) is 4.91. The molecular weight excluding hydrogens is 281 g/mol. The Bertz CT molecular complexity index is 494. The van der Waals surface area contributed by atoms with Crippen molar-refractivity contribution in [2.45, 2.75) is 33.2 Å². The highest BCUT2D eigenvalue weighted by Gasteiger charge is 2.10. The molecule has 0 radical (unpaired) electrons. The molecule has 0 bridgehead atoms. The van der Waals surface area contributed by atoms with Crippen molar-refractivity contribution in [3.8, 4) is 0 Å². The lowest BCUT2D eigenvalue weighted by Gasteiger charge is -2.11. The number of imidazole rings is 1. The zero-order chi connectivity index (χ0) is 12.3. The number of hydrogen-bond donors (Lipinski definition) is 1. The molecule has 0 amide bonds. The topological polar surface area (TPSA) is 43.8 Å². The van der Waals surface area contributed by atoms with Crippen LogP contribution in [0.4, 0.5) is 0 Å². The molecule has 2 aromatic rings. The van der Waals surface area contributed by atoms with E-state index < -0.39 is 0 Å². The normalized spacial score (nSPS) is 10.3. The van der Waals surface area contributed by atoms with Crippen LogP contribution in [-0.4, -0.2) is 16.1 Å². The largest absolute Gasteiger partial charge is 0.330 e. The van der Waals surface area contributed by atoms with E-state index in [-0.39, 0.29) is 24.8 Å². The van der Waals surface area contributed by atoms with E-state index in [9.17, 15) is 0 Å². The lowest BCUT2D eigenvalue weighted by atomic mass is 10.2. The number of nitrogens with zero attached hydrogens (tertiary/aromatic N) is 2. The molecule has 0 aliphatic rings. The minimum Gasteiger partial charge on any atom is -0.330 e. The van der Waals surface area contributed by atoms with Crippen molar-refractivity contribution in [3.63, 3.8) is 0 Å². The summed E-state index contributed by atoms with van der Waals surface area (Å²) in [4.78, 5) is 4.71. The van der Waals surface area contributed by atoms with Gasteiger partial charge in [0.2, 0.25) is 0 Å². The number of aromatic nitrogens is 2. The first-order valence-corrected chi connectivity index (χ1v) is 6.36. The van der Waals surface area contributed by atoms with Gasteiger partial charge in [-0.25, -0.2) is 4.98 Å². The molecule has 1 heterocycles. The molecule has 0 saturated heterocycles. The van der Waals surface area contributed by atoms with Crippen LogP contribution in [0.15, 0.2) is 24.3 Å². The average Bonchev–Trinajstić information content (AvgIpc) is 2.64. The molecule has 0 saturated carbocycles. The van der Waals surface area contributed by atoms with E-state index in [1.807, 2.05) is 6.07 Å². The lowest BCUT2D eigenvalue weighted by Crippen LogP contribution is -2.10. The van der Waals surface area contributed by atoms with Gasteiger partial charge in [-0.1, -0.05) is 26.0 Å². The minimum absolute atomic E-state index is 0. The average molecular weight is 304 g/mol. The van der Waals surface area contributed by atoms with Gasteiger partial charge in [-0.05, 0) is 31.0 Å². The van der Waals surface area contributed by atoms with E-state index in [0.717, 1.165) is 31.4 Å². The first-order chi connectivity index (χ1) is 8.22. The van der Waals surface area contributed by atoms with Gasteiger partial charge in [0.05, 0.1) is 11.0 Å². The molecular formula is C14H23Cl2N3. The van der Waals surface area contributed by atoms with Crippen LogP contribution in [0.5, 0.6) is 0 Å². The van der Waals surface area contributed by atoms with Crippen LogP contribution in [0.3, 0.4) is 0 Å². The zero-order valence-corrected chi connectivity index (χ0v) is 13.1.